The molecule has 0 atom stereocenters. The summed E-state index contributed by atoms with van der Waals surface area (Å²) in [7, 11) is -5.63. The largest absolute Gasteiger partial charge is 0.300 e. The van der Waals surface area contributed by atoms with E-state index in [4.69, 9.17) is 0 Å². The van der Waals surface area contributed by atoms with Gasteiger partial charge in [-0.1, -0.05) is 36.4 Å². The SMILES string of the molecule is CC(C)N(C)Cc1ccccc1CNS(=O)(=O)c1ccccc1S(C)(=O)=O. The summed E-state index contributed by atoms with van der Waals surface area (Å²) >= 11 is 0. The van der Waals surface area contributed by atoms with Crippen LogP contribution >= 0.6 is 0 Å². The normalized spacial score (nSPS) is 12.7. The molecule has 0 bridgehead atoms. The highest BCUT2D eigenvalue weighted by Crippen LogP contribution is 2.21. The van der Waals surface area contributed by atoms with Gasteiger partial charge in [0.25, 0.3) is 0 Å². The van der Waals surface area contributed by atoms with Crippen molar-refractivity contribution in [1.82, 2.24) is 9.62 Å². The lowest BCUT2D eigenvalue weighted by Gasteiger charge is -2.22. The molecule has 0 heterocycles. The lowest BCUT2D eigenvalue weighted by molar-refractivity contribution is 0.265. The van der Waals surface area contributed by atoms with Crippen LogP contribution in [0.2, 0.25) is 0 Å². The Hall–Kier alpha value is -1.74. The summed E-state index contributed by atoms with van der Waals surface area (Å²) in [5.41, 5.74) is 1.87. The summed E-state index contributed by atoms with van der Waals surface area (Å²) in [6.45, 7) is 4.96. The Morgan fingerprint density at radius 2 is 1.41 bits per heavy atom. The smallest absolute Gasteiger partial charge is 0.242 e. The molecule has 2 aromatic carbocycles. The van der Waals surface area contributed by atoms with Gasteiger partial charge < -0.3 is 0 Å². The number of hydrogen-bond acceptors (Lipinski definition) is 5. The minimum atomic E-state index is -3.98. The number of rotatable bonds is 8. The molecule has 8 heteroatoms. The van der Waals surface area contributed by atoms with E-state index < -0.39 is 19.9 Å². The zero-order valence-corrected chi connectivity index (χ0v) is 17.6. The van der Waals surface area contributed by atoms with Crippen molar-refractivity contribution >= 4 is 19.9 Å². The molecule has 0 saturated heterocycles. The van der Waals surface area contributed by atoms with Crippen LogP contribution in [0.25, 0.3) is 0 Å². The lowest BCUT2D eigenvalue weighted by Crippen LogP contribution is -2.28. The number of nitrogens with zero attached hydrogens (tertiary/aromatic N) is 1. The number of sulfone groups is 1. The predicted octanol–water partition coefficient (Wildman–Crippen LogP) is 2.41. The number of nitrogens with one attached hydrogen (secondary N) is 1. The van der Waals surface area contributed by atoms with Crippen molar-refractivity contribution in [1.29, 1.82) is 0 Å². The summed E-state index contributed by atoms with van der Waals surface area (Å²) < 4.78 is 51.8. The zero-order chi connectivity index (χ0) is 20.2. The summed E-state index contributed by atoms with van der Waals surface area (Å²) in [5.74, 6) is 0. The molecule has 0 radical (unpaired) electrons. The Bertz CT molecular complexity index is 1000. The quantitative estimate of drug-likeness (QED) is 0.723. The fourth-order valence-electron chi connectivity index (χ4n) is 2.56. The average molecular weight is 411 g/mol. The molecule has 0 amide bonds. The predicted molar refractivity (Wildman–Crippen MR) is 107 cm³/mol. The van der Waals surface area contributed by atoms with Crippen molar-refractivity contribution in [3.8, 4) is 0 Å². The number of benzene rings is 2. The molecule has 0 aliphatic carbocycles. The monoisotopic (exact) mass is 410 g/mol. The molecule has 0 unspecified atom stereocenters. The summed E-state index contributed by atoms with van der Waals surface area (Å²) in [5, 5.41) is 0. The maximum absolute atomic E-state index is 12.7. The van der Waals surface area contributed by atoms with Gasteiger partial charge in [-0.25, -0.2) is 21.6 Å². The summed E-state index contributed by atoms with van der Waals surface area (Å²) in [6, 6.07) is 13.6. The van der Waals surface area contributed by atoms with Gasteiger partial charge in [-0.3, -0.25) is 4.90 Å². The van der Waals surface area contributed by atoms with Crippen LogP contribution in [0.15, 0.2) is 58.3 Å². The summed E-state index contributed by atoms with van der Waals surface area (Å²) in [6.07, 6.45) is 0.998. The Kier molecular flexibility index (Phi) is 6.80. The zero-order valence-electron chi connectivity index (χ0n) is 16.0. The molecule has 2 rings (SSSR count). The van der Waals surface area contributed by atoms with Gasteiger partial charge >= 0.3 is 0 Å². The van der Waals surface area contributed by atoms with E-state index in [1.807, 2.05) is 31.3 Å². The van der Waals surface area contributed by atoms with Crippen molar-refractivity contribution in [2.45, 2.75) is 42.8 Å². The van der Waals surface area contributed by atoms with Crippen LogP contribution in [-0.2, 0) is 33.0 Å². The van der Waals surface area contributed by atoms with Gasteiger partial charge in [-0.15, -0.1) is 0 Å². The first-order valence-corrected chi connectivity index (χ1v) is 12.0. The molecular formula is C19H26N2O4S2. The highest BCUT2D eigenvalue weighted by atomic mass is 32.2. The molecular weight excluding hydrogens is 384 g/mol. The molecule has 2 aromatic rings. The maximum atomic E-state index is 12.7. The van der Waals surface area contributed by atoms with E-state index in [-0.39, 0.29) is 16.3 Å². The second-order valence-electron chi connectivity index (χ2n) is 6.82. The van der Waals surface area contributed by atoms with Crippen molar-refractivity contribution in [2.24, 2.45) is 0 Å². The second-order valence-corrected chi connectivity index (χ2v) is 10.5. The molecule has 6 nitrogen and oxygen atoms in total. The first kappa shape index (κ1) is 21.6. The number of sulfonamides is 1. The lowest BCUT2D eigenvalue weighted by atomic mass is 10.1. The van der Waals surface area contributed by atoms with Crippen LogP contribution in [-0.4, -0.2) is 41.1 Å². The van der Waals surface area contributed by atoms with E-state index in [9.17, 15) is 16.8 Å². The van der Waals surface area contributed by atoms with Gasteiger partial charge in [0.1, 0.15) is 4.90 Å². The Balaban J connectivity index is 2.28. The summed E-state index contributed by atoms with van der Waals surface area (Å²) in [4.78, 5) is 1.72. The Morgan fingerprint density at radius 1 is 0.889 bits per heavy atom. The van der Waals surface area contributed by atoms with Crippen molar-refractivity contribution in [3.63, 3.8) is 0 Å². The highest BCUT2D eigenvalue weighted by Gasteiger charge is 2.23. The standard InChI is InChI=1S/C19H26N2O4S2/c1-15(2)21(3)14-17-10-6-5-9-16(17)13-20-27(24,25)19-12-8-7-11-18(19)26(4,22)23/h5-12,15,20H,13-14H2,1-4H3. The second kappa shape index (κ2) is 8.52. The van der Waals surface area contributed by atoms with Gasteiger partial charge in [0, 0.05) is 25.4 Å². The van der Waals surface area contributed by atoms with Crippen molar-refractivity contribution in [3.05, 3.63) is 59.7 Å². The van der Waals surface area contributed by atoms with Gasteiger partial charge in [-0.2, -0.15) is 0 Å². The molecule has 148 valence electrons. The molecule has 0 aliphatic heterocycles. The molecule has 0 aliphatic rings. The number of hydrogen-bond donors (Lipinski definition) is 1. The van der Waals surface area contributed by atoms with E-state index in [0.717, 1.165) is 17.4 Å². The van der Waals surface area contributed by atoms with Crippen LogP contribution in [0.1, 0.15) is 25.0 Å². The van der Waals surface area contributed by atoms with E-state index in [2.05, 4.69) is 23.5 Å². The molecule has 27 heavy (non-hydrogen) atoms. The minimum Gasteiger partial charge on any atom is -0.300 e. The molecule has 0 saturated carbocycles. The van der Waals surface area contributed by atoms with Gasteiger partial charge in [0.2, 0.25) is 10.0 Å². The van der Waals surface area contributed by atoms with Crippen LogP contribution in [0.5, 0.6) is 0 Å². The maximum Gasteiger partial charge on any atom is 0.242 e. The molecule has 0 aromatic heterocycles. The minimum absolute atomic E-state index is 0.0859. The van der Waals surface area contributed by atoms with Crippen LogP contribution in [0.3, 0.4) is 0 Å². The van der Waals surface area contributed by atoms with Gasteiger partial charge in [-0.05, 0) is 44.2 Å². The van der Waals surface area contributed by atoms with E-state index >= 15 is 0 Å². The van der Waals surface area contributed by atoms with Crippen molar-refractivity contribution < 1.29 is 16.8 Å². The topological polar surface area (TPSA) is 83.6 Å². The molecule has 1 N–H and O–H groups in total. The van der Waals surface area contributed by atoms with E-state index in [1.54, 1.807) is 0 Å². The van der Waals surface area contributed by atoms with Crippen LogP contribution < -0.4 is 4.72 Å². The average Bonchev–Trinajstić information content (AvgIpc) is 2.60. The fraction of sp³-hybridized carbons (Fsp3) is 0.368. The Labute approximate surface area is 162 Å². The Morgan fingerprint density at radius 3 is 1.96 bits per heavy atom. The van der Waals surface area contributed by atoms with Gasteiger partial charge in [0.05, 0.1) is 4.90 Å². The first-order chi connectivity index (χ1) is 12.5. The van der Waals surface area contributed by atoms with Gasteiger partial charge in [0.15, 0.2) is 9.84 Å². The van der Waals surface area contributed by atoms with Crippen molar-refractivity contribution in [2.75, 3.05) is 13.3 Å². The third-order valence-corrected chi connectivity index (χ3v) is 7.15. The fourth-order valence-corrected chi connectivity index (χ4v) is 5.20. The van der Waals surface area contributed by atoms with E-state index in [0.29, 0.717) is 12.6 Å². The highest BCUT2D eigenvalue weighted by molar-refractivity contribution is 7.93. The van der Waals surface area contributed by atoms with Crippen LogP contribution in [0.4, 0.5) is 0 Å². The van der Waals surface area contributed by atoms with Crippen LogP contribution in [0, 0.1) is 0 Å². The van der Waals surface area contributed by atoms with E-state index in [1.165, 1.54) is 24.3 Å². The molecule has 0 spiro atoms. The third-order valence-electron chi connectivity index (χ3n) is 4.41. The third kappa shape index (κ3) is 5.62. The first-order valence-electron chi connectivity index (χ1n) is 8.58. The molecule has 0 fully saturated rings.